The number of rotatable bonds is 3. The van der Waals surface area contributed by atoms with Crippen molar-refractivity contribution in [1.82, 2.24) is 20.7 Å². The third-order valence-electron chi connectivity index (χ3n) is 4.12. The summed E-state index contributed by atoms with van der Waals surface area (Å²) in [6.07, 6.45) is 4.41. The van der Waals surface area contributed by atoms with Gasteiger partial charge in [0.1, 0.15) is 6.04 Å². The summed E-state index contributed by atoms with van der Waals surface area (Å²) in [5, 5.41) is 2.75. The number of carbonyl (C=O) groups excluding carboxylic acids is 3. The fraction of sp³-hybridized carbons (Fsp3) is 0.222. The molecule has 1 aliphatic rings. The van der Waals surface area contributed by atoms with Crippen molar-refractivity contribution in [2.24, 2.45) is 0 Å². The first kappa shape index (κ1) is 18.8. The second kappa shape index (κ2) is 8.63. The van der Waals surface area contributed by atoms with Crippen LogP contribution >= 0.6 is 15.9 Å². The number of benzene rings is 1. The molecule has 1 saturated heterocycles. The molecule has 1 aliphatic heterocycles. The topological polar surface area (TPSA) is 103 Å². The second-order valence-corrected chi connectivity index (χ2v) is 6.89. The smallest absolute Gasteiger partial charge is 0.323 e. The molecule has 2 aromatic rings. The number of halogens is 1. The van der Waals surface area contributed by atoms with E-state index in [4.69, 9.17) is 0 Å². The summed E-state index contributed by atoms with van der Waals surface area (Å²) in [7, 11) is 0. The Hall–Kier alpha value is -2.94. The number of anilines is 1. The summed E-state index contributed by atoms with van der Waals surface area (Å²) >= 11 is 3.29. The van der Waals surface area contributed by atoms with E-state index in [1.165, 1.54) is 11.1 Å². The summed E-state index contributed by atoms with van der Waals surface area (Å²) in [5.74, 6) is -0.728. The minimum Gasteiger partial charge on any atom is -0.323 e. The van der Waals surface area contributed by atoms with Gasteiger partial charge in [-0.25, -0.2) is 10.2 Å². The van der Waals surface area contributed by atoms with Crippen molar-refractivity contribution in [3.05, 3.63) is 58.8 Å². The highest BCUT2D eigenvalue weighted by molar-refractivity contribution is 9.10. The van der Waals surface area contributed by atoms with Crippen LogP contribution in [0.1, 0.15) is 23.2 Å². The molecule has 8 nitrogen and oxygen atoms in total. The Labute approximate surface area is 164 Å². The minimum atomic E-state index is -0.604. The summed E-state index contributed by atoms with van der Waals surface area (Å²) < 4.78 is 0.758. The normalized spacial score (nSPS) is 15.9. The summed E-state index contributed by atoms with van der Waals surface area (Å²) in [6, 6.07) is 9.10. The minimum absolute atomic E-state index is 0.283. The number of likely N-dealkylation sites (tertiary alicyclic amines) is 1. The lowest BCUT2D eigenvalue weighted by Crippen LogP contribution is -2.52. The molecule has 1 aromatic heterocycles. The highest BCUT2D eigenvalue weighted by atomic mass is 79.9. The molecule has 1 atom stereocenters. The number of nitrogens with zero attached hydrogens (tertiary/aromatic N) is 2. The third kappa shape index (κ3) is 4.82. The van der Waals surface area contributed by atoms with Crippen molar-refractivity contribution < 1.29 is 14.4 Å². The van der Waals surface area contributed by atoms with Crippen LogP contribution in [0.4, 0.5) is 10.5 Å². The maximum Gasteiger partial charge on any atom is 0.336 e. The Morgan fingerprint density at radius 3 is 2.74 bits per heavy atom. The highest BCUT2D eigenvalue weighted by Crippen LogP contribution is 2.19. The van der Waals surface area contributed by atoms with Crippen molar-refractivity contribution in [3.63, 3.8) is 0 Å². The van der Waals surface area contributed by atoms with E-state index in [1.807, 2.05) is 0 Å². The van der Waals surface area contributed by atoms with E-state index in [2.05, 4.69) is 37.1 Å². The van der Waals surface area contributed by atoms with E-state index in [9.17, 15) is 14.4 Å². The fourth-order valence-electron chi connectivity index (χ4n) is 2.83. The van der Waals surface area contributed by atoms with E-state index >= 15 is 0 Å². The Bertz CT molecular complexity index is 846. The number of amides is 4. The molecule has 0 bridgehead atoms. The summed E-state index contributed by atoms with van der Waals surface area (Å²) in [4.78, 5) is 42.4. The lowest BCUT2D eigenvalue weighted by atomic mass is 10.2. The molecule has 27 heavy (non-hydrogen) atoms. The van der Waals surface area contributed by atoms with E-state index in [0.29, 0.717) is 30.6 Å². The van der Waals surface area contributed by atoms with Crippen molar-refractivity contribution in [3.8, 4) is 0 Å². The Kier molecular flexibility index (Phi) is 6.02. The number of carbonyl (C=O) groups is 3. The molecule has 0 aliphatic carbocycles. The zero-order valence-electron chi connectivity index (χ0n) is 14.3. The maximum absolute atomic E-state index is 12.5. The van der Waals surface area contributed by atoms with Crippen LogP contribution in [0, 0.1) is 0 Å². The number of hydrogen-bond acceptors (Lipinski definition) is 4. The van der Waals surface area contributed by atoms with E-state index < -0.39 is 18.0 Å². The van der Waals surface area contributed by atoms with Crippen LogP contribution in [0.25, 0.3) is 0 Å². The molecule has 0 saturated carbocycles. The van der Waals surface area contributed by atoms with Crippen molar-refractivity contribution in [2.75, 3.05) is 11.9 Å². The Morgan fingerprint density at radius 2 is 2.00 bits per heavy atom. The quantitative estimate of drug-likeness (QED) is 0.648. The lowest BCUT2D eigenvalue weighted by Gasteiger charge is -2.24. The molecular weight excluding hydrogens is 414 g/mol. The molecule has 1 fully saturated rings. The van der Waals surface area contributed by atoms with Gasteiger partial charge in [0.25, 0.3) is 5.91 Å². The number of hydrazine groups is 1. The molecule has 3 rings (SSSR count). The number of urea groups is 1. The largest absolute Gasteiger partial charge is 0.336 e. The predicted octanol–water partition coefficient (Wildman–Crippen LogP) is 2.30. The fourth-order valence-corrected chi connectivity index (χ4v) is 3.23. The van der Waals surface area contributed by atoms with Crippen LogP contribution in [-0.4, -0.2) is 40.3 Å². The zero-order valence-corrected chi connectivity index (χ0v) is 15.9. The van der Waals surface area contributed by atoms with E-state index in [-0.39, 0.29) is 5.91 Å². The second-order valence-electron chi connectivity index (χ2n) is 5.98. The van der Waals surface area contributed by atoms with Crippen LogP contribution in [0.3, 0.4) is 0 Å². The molecule has 3 N–H and O–H groups in total. The van der Waals surface area contributed by atoms with Crippen molar-refractivity contribution >= 4 is 39.5 Å². The highest BCUT2D eigenvalue weighted by Gasteiger charge is 2.34. The molecule has 0 spiro atoms. The number of nitrogens with one attached hydrogen (secondary N) is 3. The van der Waals surface area contributed by atoms with Gasteiger partial charge in [0.05, 0.1) is 11.9 Å². The predicted molar refractivity (Wildman–Crippen MR) is 103 cm³/mol. The molecule has 1 unspecified atom stereocenters. The Morgan fingerprint density at radius 1 is 1.15 bits per heavy atom. The average Bonchev–Trinajstić information content (AvgIpc) is 3.17. The first-order valence-corrected chi connectivity index (χ1v) is 9.17. The number of hydrogen-bond donors (Lipinski definition) is 3. The SMILES string of the molecule is O=C(NNC(=O)N1CCCC1C(=O)Nc1cccnc1)c1cccc(Br)c1. The van der Waals surface area contributed by atoms with Gasteiger partial charge in [-0.15, -0.1) is 0 Å². The standard InChI is InChI=1S/C18H18BrN5O3/c19-13-5-1-4-12(10-13)16(25)22-23-18(27)24-9-3-7-15(24)17(26)21-14-6-2-8-20-11-14/h1-2,4-6,8,10-11,15H,3,7,9H2,(H,21,26)(H,22,25)(H,23,27). The molecule has 140 valence electrons. The van der Waals surface area contributed by atoms with Crippen molar-refractivity contribution in [1.29, 1.82) is 0 Å². The number of pyridine rings is 1. The van der Waals surface area contributed by atoms with Gasteiger partial charge in [-0.3, -0.25) is 20.0 Å². The first-order chi connectivity index (χ1) is 13.0. The van der Waals surface area contributed by atoms with Gasteiger partial charge in [0, 0.05) is 22.8 Å². The van der Waals surface area contributed by atoms with Gasteiger partial charge >= 0.3 is 6.03 Å². The van der Waals surface area contributed by atoms with Gasteiger partial charge in [-0.2, -0.15) is 0 Å². The van der Waals surface area contributed by atoms with Crippen LogP contribution in [0.15, 0.2) is 53.3 Å². The van der Waals surface area contributed by atoms with E-state index in [1.54, 1.807) is 42.6 Å². The van der Waals surface area contributed by atoms with Crippen LogP contribution in [0.2, 0.25) is 0 Å². The van der Waals surface area contributed by atoms with Crippen LogP contribution in [0.5, 0.6) is 0 Å². The van der Waals surface area contributed by atoms with Gasteiger partial charge in [0.2, 0.25) is 5.91 Å². The van der Waals surface area contributed by atoms with Crippen LogP contribution < -0.4 is 16.2 Å². The van der Waals surface area contributed by atoms with E-state index in [0.717, 1.165) is 4.47 Å². The molecule has 4 amide bonds. The summed E-state index contributed by atoms with van der Waals surface area (Å²) in [6.45, 7) is 0.434. The van der Waals surface area contributed by atoms with Crippen molar-refractivity contribution in [2.45, 2.75) is 18.9 Å². The molecule has 9 heteroatoms. The molecule has 0 radical (unpaired) electrons. The zero-order chi connectivity index (χ0) is 19.2. The van der Waals surface area contributed by atoms with Gasteiger partial charge in [-0.05, 0) is 43.2 Å². The first-order valence-electron chi connectivity index (χ1n) is 8.38. The summed E-state index contributed by atoms with van der Waals surface area (Å²) in [5.41, 5.74) is 5.71. The number of aromatic nitrogens is 1. The maximum atomic E-state index is 12.5. The molecule has 1 aromatic carbocycles. The lowest BCUT2D eigenvalue weighted by molar-refractivity contribution is -0.119. The van der Waals surface area contributed by atoms with Gasteiger partial charge in [0.15, 0.2) is 0 Å². The average molecular weight is 432 g/mol. The van der Waals surface area contributed by atoms with Gasteiger partial charge in [-0.1, -0.05) is 22.0 Å². The molecular formula is C18H18BrN5O3. The molecule has 2 heterocycles. The Balaban J connectivity index is 1.57. The van der Waals surface area contributed by atoms with Gasteiger partial charge < -0.3 is 10.2 Å². The third-order valence-corrected chi connectivity index (χ3v) is 4.61. The monoisotopic (exact) mass is 431 g/mol. The van der Waals surface area contributed by atoms with Crippen LogP contribution in [-0.2, 0) is 4.79 Å².